The molecule has 0 saturated carbocycles. The number of hydrogen-bond donors (Lipinski definition) is 2. The van der Waals surface area contributed by atoms with E-state index < -0.39 is 48.0 Å². The summed E-state index contributed by atoms with van der Waals surface area (Å²) in [5.41, 5.74) is 6.03. The minimum absolute atomic E-state index is 0.0228. The highest BCUT2D eigenvalue weighted by Crippen LogP contribution is 2.28. The molecule has 0 spiro atoms. The van der Waals surface area contributed by atoms with Crippen molar-refractivity contribution < 1.29 is 32.3 Å². The number of halogens is 5. The smallest absolute Gasteiger partial charge is 0.368 e. The Kier molecular flexibility index (Phi) is 11.1. The third kappa shape index (κ3) is 9.03. The second-order valence-corrected chi connectivity index (χ2v) is 9.45. The van der Waals surface area contributed by atoms with Crippen LogP contribution in [-0.2, 0) is 14.4 Å². The fourth-order valence-corrected chi connectivity index (χ4v) is 4.51. The number of hydrogen-bond acceptors (Lipinski definition) is 5. The maximum Gasteiger partial charge on any atom is 0.450 e. The first-order valence-corrected chi connectivity index (χ1v) is 12.4. The summed E-state index contributed by atoms with van der Waals surface area (Å²) in [6.45, 7) is -0.490. The topological polar surface area (TPSA) is 110 Å². The van der Waals surface area contributed by atoms with Gasteiger partial charge in [-0.3, -0.25) is 24.1 Å². The van der Waals surface area contributed by atoms with Gasteiger partial charge in [-0.05, 0) is 48.9 Å². The van der Waals surface area contributed by atoms with Crippen molar-refractivity contribution >= 4 is 64.2 Å². The Hall–Kier alpha value is -2.76. The molecule has 0 aliphatic heterocycles. The molecule has 0 aliphatic carbocycles. The number of primary amides is 1. The van der Waals surface area contributed by atoms with Crippen LogP contribution in [0.5, 0.6) is 0 Å². The normalized spacial score (nSPS) is 12.0. The van der Waals surface area contributed by atoms with Crippen molar-refractivity contribution in [3.05, 3.63) is 64.1 Å². The lowest BCUT2D eigenvalue weighted by molar-refractivity contribution is -0.167. The zero-order chi connectivity index (χ0) is 26.9. The monoisotopic (exact) mass is 563 g/mol. The second kappa shape index (κ2) is 13.5. The second-order valence-electron chi connectivity index (χ2n) is 7.47. The van der Waals surface area contributed by atoms with Crippen molar-refractivity contribution in [3.63, 3.8) is 0 Å². The molecule has 0 saturated heterocycles. The van der Waals surface area contributed by atoms with E-state index in [0.717, 1.165) is 16.7 Å². The molecule has 1 atom stereocenters. The van der Waals surface area contributed by atoms with E-state index in [9.17, 15) is 32.3 Å². The van der Waals surface area contributed by atoms with Gasteiger partial charge in [-0.2, -0.15) is 24.9 Å². The number of nitrogens with zero attached hydrogens (tertiary/aromatic N) is 1. The van der Waals surface area contributed by atoms with Crippen molar-refractivity contribution in [3.8, 4) is 0 Å². The number of nitrogens with one attached hydrogen (secondary N) is 1. The van der Waals surface area contributed by atoms with E-state index in [4.69, 9.17) is 28.9 Å². The number of Topliss-reactive ketones (excluding diaryl/α,β-unsaturated/α-hetero) is 1. The molecule has 7 nitrogen and oxygen atoms in total. The molecule has 2 rings (SSSR count). The molecule has 2 aromatic rings. The molecular weight excluding hydrogens is 542 g/mol. The zero-order valence-corrected chi connectivity index (χ0v) is 21.0. The van der Waals surface area contributed by atoms with E-state index in [0.29, 0.717) is 5.56 Å². The number of carbonyl (C=O) groups excluding carboxylic acids is 4. The van der Waals surface area contributed by atoms with Gasteiger partial charge < -0.3 is 11.1 Å². The Balaban J connectivity index is 2.16. The predicted molar refractivity (Wildman–Crippen MR) is 133 cm³/mol. The van der Waals surface area contributed by atoms with Crippen molar-refractivity contribution in [1.82, 2.24) is 5.32 Å². The third-order valence-corrected chi connectivity index (χ3v) is 6.27. The molecule has 3 N–H and O–H groups in total. The molecule has 3 amide bonds. The molecule has 13 heteroatoms. The summed E-state index contributed by atoms with van der Waals surface area (Å²) in [6, 6.07) is 11.1. The number of rotatable bonds is 12. The van der Waals surface area contributed by atoms with E-state index in [-0.39, 0.29) is 34.3 Å². The van der Waals surface area contributed by atoms with Crippen LogP contribution in [0.2, 0.25) is 10.0 Å². The highest BCUT2D eigenvalue weighted by molar-refractivity contribution is 7.99. The largest absolute Gasteiger partial charge is 0.450 e. The van der Waals surface area contributed by atoms with Gasteiger partial charge in [0.25, 0.3) is 5.91 Å². The zero-order valence-electron chi connectivity index (χ0n) is 18.7. The molecule has 36 heavy (non-hydrogen) atoms. The van der Waals surface area contributed by atoms with Gasteiger partial charge in [-0.25, -0.2) is 0 Å². The lowest BCUT2D eigenvalue weighted by Gasteiger charge is -2.30. The maximum absolute atomic E-state index is 13.2. The molecule has 2 aromatic carbocycles. The van der Waals surface area contributed by atoms with Crippen LogP contribution in [0, 0.1) is 0 Å². The van der Waals surface area contributed by atoms with Gasteiger partial charge in [-0.1, -0.05) is 41.4 Å². The van der Waals surface area contributed by atoms with Gasteiger partial charge in [0, 0.05) is 21.3 Å². The Labute approximate surface area is 219 Å². The number of carbonyl (C=O) groups is 4. The minimum Gasteiger partial charge on any atom is -0.368 e. The Bertz CT molecular complexity index is 1080. The fourth-order valence-electron chi connectivity index (χ4n) is 3.13. The summed E-state index contributed by atoms with van der Waals surface area (Å²) in [5.74, 6) is -4.61. The first kappa shape index (κ1) is 29.5. The van der Waals surface area contributed by atoms with Crippen LogP contribution in [0.15, 0.2) is 48.5 Å². The predicted octanol–water partition coefficient (Wildman–Crippen LogP) is 4.26. The van der Waals surface area contributed by atoms with E-state index >= 15 is 0 Å². The highest BCUT2D eigenvalue weighted by atomic mass is 35.5. The van der Waals surface area contributed by atoms with Crippen LogP contribution in [-0.4, -0.2) is 53.8 Å². The van der Waals surface area contributed by atoms with E-state index in [2.05, 4.69) is 5.32 Å². The summed E-state index contributed by atoms with van der Waals surface area (Å²) < 4.78 is 37.1. The lowest BCUT2D eigenvalue weighted by atomic mass is 10.1. The quantitative estimate of drug-likeness (QED) is 0.375. The van der Waals surface area contributed by atoms with Crippen molar-refractivity contribution in [1.29, 1.82) is 0 Å². The van der Waals surface area contributed by atoms with Gasteiger partial charge in [0.2, 0.25) is 17.6 Å². The molecular formula is C23H22Cl2F3N3O4S. The van der Waals surface area contributed by atoms with Gasteiger partial charge in [0.1, 0.15) is 6.04 Å². The molecule has 0 heterocycles. The molecule has 194 valence electrons. The first-order chi connectivity index (χ1) is 16.9. The Morgan fingerprint density at radius 1 is 1.03 bits per heavy atom. The summed E-state index contributed by atoms with van der Waals surface area (Å²) in [7, 11) is 0. The molecule has 0 bridgehead atoms. The number of anilines is 1. The van der Waals surface area contributed by atoms with E-state index in [1.54, 1.807) is 30.3 Å². The summed E-state index contributed by atoms with van der Waals surface area (Å²) in [6.07, 6.45) is -4.77. The van der Waals surface area contributed by atoms with Gasteiger partial charge in [0.05, 0.1) is 12.3 Å². The van der Waals surface area contributed by atoms with Crippen LogP contribution in [0.25, 0.3) is 0 Å². The number of ketones is 1. The van der Waals surface area contributed by atoms with Crippen LogP contribution in [0.3, 0.4) is 0 Å². The minimum atomic E-state index is -4.91. The van der Waals surface area contributed by atoms with E-state index in [1.807, 2.05) is 0 Å². The average molecular weight is 564 g/mol. The number of amides is 3. The maximum atomic E-state index is 13.2. The van der Waals surface area contributed by atoms with Crippen LogP contribution in [0.4, 0.5) is 18.9 Å². The SMILES string of the molecule is NC(=O)[C@H](CCCSCC(=O)C(F)(F)F)N(C(=O)CNC(=O)c1ccccc1)c1cc(Cl)cc(Cl)c1. The summed E-state index contributed by atoms with van der Waals surface area (Å²) in [5, 5.41) is 2.83. The van der Waals surface area contributed by atoms with Gasteiger partial charge >= 0.3 is 6.18 Å². The van der Waals surface area contributed by atoms with E-state index in [1.165, 1.54) is 18.2 Å². The molecule has 0 aliphatic rings. The Morgan fingerprint density at radius 3 is 2.19 bits per heavy atom. The molecule has 0 unspecified atom stereocenters. The summed E-state index contributed by atoms with van der Waals surface area (Å²) >= 11 is 12.9. The standard InChI is InChI=1S/C23H22Cl2F3N3O4S/c24-15-9-16(25)11-17(10-15)31(20(33)12-30-22(35)14-5-2-1-3-6-14)18(21(29)34)7-4-8-36-13-19(32)23(26,27)28/h1-3,5-6,9-11,18H,4,7-8,12-13H2,(H2,29,34)(H,30,35)/t18-/m0/s1. The number of thioether (sulfide) groups is 1. The first-order valence-electron chi connectivity index (χ1n) is 10.5. The average Bonchev–Trinajstić information content (AvgIpc) is 2.80. The summed E-state index contributed by atoms with van der Waals surface area (Å²) in [4.78, 5) is 49.9. The van der Waals surface area contributed by atoms with Crippen molar-refractivity contribution in [2.75, 3.05) is 23.0 Å². The number of alkyl halides is 3. The number of benzene rings is 2. The van der Waals surface area contributed by atoms with Crippen molar-refractivity contribution in [2.24, 2.45) is 5.73 Å². The molecule has 0 fully saturated rings. The molecule has 0 radical (unpaired) electrons. The molecule has 0 aromatic heterocycles. The number of nitrogens with two attached hydrogens (primary N) is 1. The fraction of sp³-hybridized carbons (Fsp3) is 0.304. The third-order valence-electron chi connectivity index (χ3n) is 4.79. The lowest BCUT2D eigenvalue weighted by Crippen LogP contribution is -2.51. The van der Waals surface area contributed by atoms with Crippen LogP contribution >= 0.6 is 35.0 Å². The highest BCUT2D eigenvalue weighted by Gasteiger charge is 2.37. The Morgan fingerprint density at radius 2 is 1.64 bits per heavy atom. The van der Waals surface area contributed by atoms with Gasteiger partial charge in [0.15, 0.2) is 0 Å². The van der Waals surface area contributed by atoms with Crippen molar-refractivity contribution in [2.45, 2.75) is 25.1 Å². The van der Waals surface area contributed by atoms with Crippen LogP contribution in [0.1, 0.15) is 23.2 Å². The van der Waals surface area contributed by atoms with Gasteiger partial charge in [-0.15, -0.1) is 0 Å². The van der Waals surface area contributed by atoms with Crippen LogP contribution < -0.4 is 16.0 Å².